The summed E-state index contributed by atoms with van der Waals surface area (Å²) in [6, 6.07) is 10.8. The summed E-state index contributed by atoms with van der Waals surface area (Å²) in [7, 11) is 1.45. The van der Waals surface area contributed by atoms with Crippen molar-refractivity contribution < 1.29 is 23.5 Å². The van der Waals surface area contributed by atoms with Crippen molar-refractivity contribution in [1.29, 1.82) is 0 Å². The summed E-state index contributed by atoms with van der Waals surface area (Å²) in [6.45, 7) is 3.24. The van der Waals surface area contributed by atoms with Gasteiger partial charge in [-0.15, -0.1) is 0 Å². The zero-order chi connectivity index (χ0) is 21.1. The third-order valence-corrected chi connectivity index (χ3v) is 4.39. The highest BCUT2D eigenvalue weighted by atomic mass is 35.5. The first-order valence-corrected chi connectivity index (χ1v) is 9.06. The number of halogens is 1. The van der Waals surface area contributed by atoms with E-state index in [9.17, 15) is 14.4 Å². The lowest BCUT2D eigenvalue weighted by atomic mass is 10.1. The van der Waals surface area contributed by atoms with Crippen molar-refractivity contribution in [3.8, 4) is 5.75 Å². The van der Waals surface area contributed by atoms with Crippen LogP contribution in [0.5, 0.6) is 5.75 Å². The molecule has 0 saturated carbocycles. The van der Waals surface area contributed by atoms with Gasteiger partial charge < -0.3 is 19.2 Å². The molecule has 7 nitrogen and oxygen atoms in total. The molecule has 150 valence electrons. The molecule has 0 fully saturated rings. The smallest absolute Gasteiger partial charge is 0.375 e. The second-order valence-electron chi connectivity index (χ2n) is 6.36. The maximum absolute atomic E-state index is 12.4. The number of nitrogens with one attached hydrogen (secondary N) is 1. The minimum atomic E-state index is -1.16. The zero-order valence-electron chi connectivity index (χ0n) is 15.9. The molecule has 0 aliphatic carbocycles. The van der Waals surface area contributed by atoms with E-state index < -0.39 is 18.0 Å². The third-order valence-electron chi connectivity index (χ3n) is 4.16. The molecule has 3 aromatic rings. The van der Waals surface area contributed by atoms with Gasteiger partial charge in [-0.05, 0) is 44.2 Å². The summed E-state index contributed by atoms with van der Waals surface area (Å²) in [4.78, 5) is 37.0. The van der Waals surface area contributed by atoms with Crippen LogP contribution in [0.4, 0.5) is 5.69 Å². The van der Waals surface area contributed by atoms with Crippen LogP contribution < -0.4 is 15.5 Å². The van der Waals surface area contributed by atoms with E-state index in [4.69, 9.17) is 25.5 Å². The lowest BCUT2D eigenvalue weighted by Crippen LogP contribution is -2.30. The second kappa shape index (κ2) is 8.36. The van der Waals surface area contributed by atoms with Crippen molar-refractivity contribution in [3.05, 3.63) is 69.0 Å². The molecule has 0 saturated heterocycles. The van der Waals surface area contributed by atoms with Crippen molar-refractivity contribution >= 4 is 40.1 Å². The first kappa shape index (κ1) is 20.4. The fourth-order valence-electron chi connectivity index (χ4n) is 2.66. The Morgan fingerprint density at radius 1 is 1.14 bits per heavy atom. The van der Waals surface area contributed by atoms with Gasteiger partial charge in [-0.3, -0.25) is 9.59 Å². The molecular formula is C21H18ClNO6. The van der Waals surface area contributed by atoms with Crippen molar-refractivity contribution in [3.63, 3.8) is 0 Å². The van der Waals surface area contributed by atoms with Gasteiger partial charge in [0.2, 0.25) is 5.76 Å². The molecule has 29 heavy (non-hydrogen) atoms. The van der Waals surface area contributed by atoms with E-state index in [1.807, 2.05) is 6.92 Å². The summed E-state index contributed by atoms with van der Waals surface area (Å²) in [6.07, 6.45) is -1.16. The van der Waals surface area contributed by atoms with Gasteiger partial charge in [0.1, 0.15) is 11.3 Å². The molecule has 2 aromatic carbocycles. The number of esters is 1. The van der Waals surface area contributed by atoms with Crippen molar-refractivity contribution in [1.82, 2.24) is 0 Å². The summed E-state index contributed by atoms with van der Waals surface area (Å²) in [5.41, 5.74) is 1.11. The molecular weight excluding hydrogens is 398 g/mol. The van der Waals surface area contributed by atoms with Gasteiger partial charge in [0, 0.05) is 11.1 Å². The molecule has 0 spiro atoms. The van der Waals surface area contributed by atoms with Gasteiger partial charge in [-0.2, -0.15) is 0 Å². The average molecular weight is 416 g/mol. The lowest BCUT2D eigenvalue weighted by Gasteiger charge is -2.15. The molecule has 1 aromatic heterocycles. The Hall–Kier alpha value is -3.32. The number of anilines is 1. The maximum Gasteiger partial charge on any atom is 0.375 e. The van der Waals surface area contributed by atoms with Gasteiger partial charge in [-0.25, -0.2) is 4.79 Å². The molecule has 0 bridgehead atoms. The van der Waals surface area contributed by atoms with Crippen LogP contribution in [0.25, 0.3) is 11.0 Å². The van der Waals surface area contributed by atoms with Gasteiger partial charge in [0.05, 0.1) is 18.2 Å². The number of rotatable bonds is 5. The van der Waals surface area contributed by atoms with Crippen LogP contribution in [0, 0.1) is 6.92 Å². The Morgan fingerprint density at radius 3 is 2.62 bits per heavy atom. The third kappa shape index (κ3) is 4.57. The molecule has 1 amide bonds. The van der Waals surface area contributed by atoms with Crippen LogP contribution in [0.3, 0.4) is 0 Å². The Balaban J connectivity index is 1.76. The highest BCUT2D eigenvalue weighted by molar-refractivity contribution is 6.31. The molecule has 0 radical (unpaired) electrons. The zero-order valence-corrected chi connectivity index (χ0v) is 16.7. The fraction of sp³-hybridized carbons (Fsp3) is 0.190. The Bertz CT molecular complexity index is 1150. The lowest BCUT2D eigenvalue weighted by molar-refractivity contribution is -0.123. The number of hydrogen-bond acceptors (Lipinski definition) is 6. The molecule has 3 rings (SSSR count). The molecule has 1 heterocycles. The first-order valence-electron chi connectivity index (χ1n) is 8.68. The Kier molecular flexibility index (Phi) is 5.89. The van der Waals surface area contributed by atoms with Gasteiger partial charge in [-0.1, -0.05) is 23.2 Å². The van der Waals surface area contributed by atoms with Crippen LogP contribution in [-0.4, -0.2) is 25.1 Å². The standard InChI is InChI=1S/C21H18ClNO6/c1-11-4-6-17-14(8-11)16(24)10-19(29-17)21(26)28-12(2)20(25)23-15-9-13(22)5-7-18(15)27-3/h4-10,12H,1-3H3,(H,23,25)/t12-/m0/s1. The molecule has 1 atom stereocenters. The molecule has 0 aliphatic heterocycles. The minimum absolute atomic E-state index is 0.260. The number of fused-ring (bicyclic) bond motifs is 1. The molecule has 8 heteroatoms. The quantitative estimate of drug-likeness (QED) is 0.634. The highest BCUT2D eigenvalue weighted by Gasteiger charge is 2.22. The normalized spacial score (nSPS) is 11.7. The number of carbonyl (C=O) groups excluding carboxylic acids is 2. The van der Waals surface area contributed by atoms with E-state index in [1.165, 1.54) is 20.1 Å². The van der Waals surface area contributed by atoms with E-state index in [0.717, 1.165) is 11.6 Å². The van der Waals surface area contributed by atoms with Crippen LogP contribution in [0.2, 0.25) is 5.02 Å². The summed E-state index contributed by atoms with van der Waals surface area (Å²) in [5.74, 6) is -1.41. The number of methoxy groups -OCH3 is 1. The molecule has 0 unspecified atom stereocenters. The number of hydrogen-bond donors (Lipinski definition) is 1. The fourth-order valence-corrected chi connectivity index (χ4v) is 2.83. The number of amides is 1. The second-order valence-corrected chi connectivity index (χ2v) is 6.79. The highest BCUT2D eigenvalue weighted by Crippen LogP contribution is 2.28. The SMILES string of the molecule is COc1ccc(Cl)cc1NC(=O)[C@H](C)OC(=O)c1cc(=O)c2cc(C)ccc2o1. The van der Waals surface area contributed by atoms with Crippen LogP contribution in [0.1, 0.15) is 23.0 Å². The van der Waals surface area contributed by atoms with E-state index >= 15 is 0 Å². The largest absolute Gasteiger partial charge is 0.495 e. The minimum Gasteiger partial charge on any atom is -0.495 e. The summed E-state index contributed by atoms with van der Waals surface area (Å²) < 4.78 is 15.8. The maximum atomic E-state index is 12.4. The number of aryl methyl sites for hydroxylation is 1. The van der Waals surface area contributed by atoms with Crippen molar-refractivity contribution in [2.75, 3.05) is 12.4 Å². The van der Waals surface area contributed by atoms with E-state index in [1.54, 1.807) is 30.3 Å². The van der Waals surface area contributed by atoms with Gasteiger partial charge in [0.25, 0.3) is 5.91 Å². The first-order chi connectivity index (χ1) is 13.8. The monoisotopic (exact) mass is 415 g/mol. The van der Waals surface area contributed by atoms with Crippen LogP contribution in [0.15, 0.2) is 51.7 Å². The van der Waals surface area contributed by atoms with Crippen LogP contribution in [-0.2, 0) is 9.53 Å². The topological polar surface area (TPSA) is 94.8 Å². The summed E-state index contributed by atoms with van der Waals surface area (Å²) in [5, 5.41) is 3.35. The Morgan fingerprint density at radius 2 is 1.90 bits per heavy atom. The number of ether oxygens (including phenoxy) is 2. The van der Waals surface area contributed by atoms with E-state index in [0.29, 0.717) is 21.8 Å². The Labute approximate surface area is 171 Å². The molecule has 0 aliphatic rings. The predicted octanol–water partition coefficient (Wildman–Crippen LogP) is 3.95. The molecule has 1 N–H and O–H groups in total. The van der Waals surface area contributed by atoms with E-state index in [2.05, 4.69) is 5.32 Å². The van der Waals surface area contributed by atoms with Gasteiger partial charge in [0.15, 0.2) is 11.5 Å². The number of carbonyl (C=O) groups is 2. The van der Waals surface area contributed by atoms with Crippen molar-refractivity contribution in [2.24, 2.45) is 0 Å². The number of benzene rings is 2. The van der Waals surface area contributed by atoms with E-state index in [-0.39, 0.29) is 16.8 Å². The van der Waals surface area contributed by atoms with Gasteiger partial charge >= 0.3 is 5.97 Å². The van der Waals surface area contributed by atoms with Crippen LogP contribution >= 0.6 is 11.6 Å². The summed E-state index contributed by atoms with van der Waals surface area (Å²) >= 11 is 5.94. The predicted molar refractivity (Wildman–Crippen MR) is 109 cm³/mol. The average Bonchev–Trinajstić information content (AvgIpc) is 2.68. The van der Waals surface area contributed by atoms with Crippen molar-refractivity contribution in [2.45, 2.75) is 20.0 Å².